The SMILES string of the molecule is CCC(C)C1NC(=O)C(C)N(CCF)C1=O. The molecule has 1 N–H and O–H groups in total. The minimum absolute atomic E-state index is 0.000351. The summed E-state index contributed by atoms with van der Waals surface area (Å²) >= 11 is 0. The predicted octanol–water partition coefficient (Wildman–Crippen LogP) is 0.717. The zero-order valence-electron chi connectivity index (χ0n) is 10.00. The maximum absolute atomic E-state index is 12.3. The Morgan fingerprint density at radius 3 is 2.62 bits per heavy atom. The summed E-state index contributed by atoms with van der Waals surface area (Å²) in [6.45, 7) is 4.88. The molecule has 1 aliphatic heterocycles. The van der Waals surface area contributed by atoms with Gasteiger partial charge in [0.25, 0.3) is 0 Å². The number of hydrogen-bond acceptors (Lipinski definition) is 2. The third-order valence-electron chi connectivity index (χ3n) is 3.23. The number of halogens is 1. The van der Waals surface area contributed by atoms with Gasteiger partial charge in [-0.2, -0.15) is 0 Å². The van der Waals surface area contributed by atoms with Crippen LogP contribution in [0.2, 0.25) is 0 Å². The molecular weight excluding hydrogens is 211 g/mol. The quantitative estimate of drug-likeness (QED) is 0.773. The molecule has 1 rings (SSSR count). The van der Waals surface area contributed by atoms with E-state index in [1.807, 2.05) is 13.8 Å². The van der Waals surface area contributed by atoms with Gasteiger partial charge in [-0.3, -0.25) is 9.59 Å². The summed E-state index contributed by atoms with van der Waals surface area (Å²) in [5.74, 6) is -0.288. The van der Waals surface area contributed by atoms with Crippen LogP contribution in [-0.4, -0.2) is 42.0 Å². The molecule has 5 heteroatoms. The Labute approximate surface area is 95.2 Å². The lowest BCUT2D eigenvalue weighted by atomic mass is 9.94. The average molecular weight is 230 g/mol. The second kappa shape index (κ2) is 5.27. The Morgan fingerprint density at radius 2 is 2.12 bits per heavy atom. The van der Waals surface area contributed by atoms with Crippen molar-refractivity contribution in [3.8, 4) is 0 Å². The van der Waals surface area contributed by atoms with Crippen LogP contribution in [0.5, 0.6) is 0 Å². The van der Waals surface area contributed by atoms with E-state index in [1.54, 1.807) is 6.92 Å². The zero-order chi connectivity index (χ0) is 12.3. The molecule has 2 amide bonds. The van der Waals surface area contributed by atoms with Crippen molar-refractivity contribution in [2.75, 3.05) is 13.2 Å². The number of rotatable bonds is 4. The van der Waals surface area contributed by atoms with Crippen LogP contribution in [-0.2, 0) is 9.59 Å². The molecule has 0 aromatic rings. The lowest BCUT2D eigenvalue weighted by Crippen LogP contribution is -2.64. The van der Waals surface area contributed by atoms with Crippen LogP contribution in [0.15, 0.2) is 0 Å². The van der Waals surface area contributed by atoms with Crippen molar-refractivity contribution >= 4 is 11.8 Å². The van der Waals surface area contributed by atoms with Crippen LogP contribution in [0.25, 0.3) is 0 Å². The monoisotopic (exact) mass is 230 g/mol. The van der Waals surface area contributed by atoms with Gasteiger partial charge in [0.15, 0.2) is 0 Å². The first-order chi connectivity index (χ1) is 7.52. The first-order valence-corrected chi connectivity index (χ1v) is 5.69. The number of carbonyl (C=O) groups is 2. The zero-order valence-corrected chi connectivity index (χ0v) is 10.00. The van der Waals surface area contributed by atoms with Gasteiger partial charge in [0.2, 0.25) is 11.8 Å². The molecule has 3 unspecified atom stereocenters. The molecule has 0 bridgehead atoms. The number of alkyl halides is 1. The third kappa shape index (κ3) is 2.33. The largest absolute Gasteiger partial charge is 0.342 e. The van der Waals surface area contributed by atoms with Gasteiger partial charge in [0, 0.05) is 6.54 Å². The number of nitrogens with zero attached hydrogens (tertiary/aromatic N) is 1. The summed E-state index contributed by atoms with van der Waals surface area (Å²) in [4.78, 5) is 25.0. The Bertz CT molecular complexity index is 279. The highest BCUT2D eigenvalue weighted by Gasteiger charge is 2.39. The first kappa shape index (κ1) is 12.9. The van der Waals surface area contributed by atoms with E-state index in [-0.39, 0.29) is 24.3 Å². The highest BCUT2D eigenvalue weighted by atomic mass is 19.1. The summed E-state index contributed by atoms with van der Waals surface area (Å²) in [5, 5.41) is 2.70. The molecule has 92 valence electrons. The van der Waals surface area contributed by atoms with E-state index in [4.69, 9.17) is 0 Å². The van der Waals surface area contributed by atoms with E-state index in [0.29, 0.717) is 0 Å². The Hall–Kier alpha value is -1.13. The highest BCUT2D eigenvalue weighted by Crippen LogP contribution is 2.17. The van der Waals surface area contributed by atoms with E-state index in [2.05, 4.69) is 5.32 Å². The van der Waals surface area contributed by atoms with Crippen molar-refractivity contribution in [2.45, 2.75) is 39.3 Å². The van der Waals surface area contributed by atoms with Gasteiger partial charge in [0.05, 0.1) is 0 Å². The lowest BCUT2D eigenvalue weighted by molar-refractivity contribution is -0.150. The predicted molar refractivity (Wildman–Crippen MR) is 58.5 cm³/mol. The summed E-state index contributed by atoms with van der Waals surface area (Å²) in [6.07, 6.45) is 0.800. The number of amides is 2. The minimum atomic E-state index is -0.614. The molecule has 0 aliphatic carbocycles. The van der Waals surface area contributed by atoms with Crippen molar-refractivity contribution in [1.82, 2.24) is 10.2 Å². The molecule has 3 atom stereocenters. The molecule has 16 heavy (non-hydrogen) atoms. The van der Waals surface area contributed by atoms with E-state index < -0.39 is 18.8 Å². The van der Waals surface area contributed by atoms with Gasteiger partial charge in [-0.25, -0.2) is 4.39 Å². The molecule has 1 heterocycles. The van der Waals surface area contributed by atoms with Crippen molar-refractivity contribution in [1.29, 1.82) is 0 Å². The third-order valence-corrected chi connectivity index (χ3v) is 3.23. The highest BCUT2D eigenvalue weighted by molar-refractivity contribution is 5.96. The summed E-state index contributed by atoms with van der Waals surface area (Å²) in [6, 6.07) is -1.07. The van der Waals surface area contributed by atoms with E-state index >= 15 is 0 Å². The Morgan fingerprint density at radius 1 is 1.50 bits per heavy atom. The summed E-state index contributed by atoms with van der Waals surface area (Å²) < 4.78 is 12.3. The van der Waals surface area contributed by atoms with Crippen molar-refractivity contribution in [3.05, 3.63) is 0 Å². The molecule has 4 nitrogen and oxygen atoms in total. The number of hydrogen-bond donors (Lipinski definition) is 1. The fraction of sp³-hybridized carbons (Fsp3) is 0.818. The molecule has 0 radical (unpaired) electrons. The molecule has 1 saturated heterocycles. The lowest BCUT2D eigenvalue weighted by Gasteiger charge is -2.38. The van der Waals surface area contributed by atoms with Crippen molar-refractivity contribution in [2.24, 2.45) is 5.92 Å². The van der Waals surface area contributed by atoms with Crippen molar-refractivity contribution in [3.63, 3.8) is 0 Å². The van der Waals surface area contributed by atoms with Gasteiger partial charge < -0.3 is 10.2 Å². The van der Waals surface area contributed by atoms with Crippen LogP contribution in [0.3, 0.4) is 0 Å². The maximum atomic E-state index is 12.3. The molecule has 0 spiro atoms. The second-order valence-corrected chi connectivity index (χ2v) is 4.27. The standard InChI is InChI=1S/C11H19FN2O2/c1-4-7(2)9-11(16)14(6-5-12)8(3)10(15)13-9/h7-9H,4-6H2,1-3H3,(H,13,15). The topological polar surface area (TPSA) is 49.4 Å². The van der Waals surface area contributed by atoms with Gasteiger partial charge in [-0.05, 0) is 12.8 Å². The first-order valence-electron chi connectivity index (χ1n) is 5.69. The van der Waals surface area contributed by atoms with Crippen LogP contribution < -0.4 is 5.32 Å². The Balaban J connectivity index is 2.84. The van der Waals surface area contributed by atoms with Crippen LogP contribution in [0, 0.1) is 5.92 Å². The van der Waals surface area contributed by atoms with Gasteiger partial charge in [-0.15, -0.1) is 0 Å². The van der Waals surface area contributed by atoms with Crippen LogP contribution in [0.4, 0.5) is 4.39 Å². The summed E-state index contributed by atoms with van der Waals surface area (Å²) in [7, 11) is 0. The van der Waals surface area contributed by atoms with E-state index in [9.17, 15) is 14.0 Å². The van der Waals surface area contributed by atoms with Crippen molar-refractivity contribution < 1.29 is 14.0 Å². The molecular formula is C11H19FN2O2. The molecule has 0 saturated carbocycles. The van der Waals surface area contributed by atoms with Gasteiger partial charge >= 0.3 is 0 Å². The van der Waals surface area contributed by atoms with Gasteiger partial charge in [-0.1, -0.05) is 20.3 Å². The minimum Gasteiger partial charge on any atom is -0.342 e. The molecule has 1 fully saturated rings. The van der Waals surface area contributed by atoms with E-state index in [1.165, 1.54) is 4.90 Å². The average Bonchev–Trinajstić information content (AvgIpc) is 2.28. The Kier molecular flexibility index (Phi) is 4.26. The smallest absolute Gasteiger partial charge is 0.246 e. The molecule has 1 aliphatic rings. The number of piperazine rings is 1. The molecule has 0 aromatic heterocycles. The second-order valence-electron chi connectivity index (χ2n) is 4.27. The normalized spacial score (nSPS) is 27.9. The van der Waals surface area contributed by atoms with Crippen LogP contribution >= 0.6 is 0 Å². The fourth-order valence-electron chi connectivity index (χ4n) is 1.86. The maximum Gasteiger partial charge on any atom is 0.246 e. The number of nitrogens with one attached hydrogen (secondary N) is 1. The molecule has 0 aromatic carbocycles. The fourth-order valence-corrected chi connectivity index (χ4v) is 1.86. The van der Waals surface area contributed by atoms with Gasteiger partial charge in [0.1, 0.15) is 18.8 Å². The van der Waals surface area contributed by atoms with Crippen LogP contribution in [0.1, 0.15) is 27.2 Å². The van der Waals surface area contributed by atoms with E-state index in [0.717, 1.165) is 6.42 Å². The number of carbonyl (C=O) groups excluding carboxylic acids is 2. The summed E-state index contributed by atoms with van der Waals surface area (Å²) in [5.41, 5.74) is 0.